The van der Waals surface area contributed by atoms with Crippen LogP contribution in [0.25, 0.3) is 10.8 Å². The molecular formula is C27H30Cl2N2O2. The average molecular weight is 485 g/mol. The van der Waals surface area contributed by atoms with E-state index in [1.807, 2.05) is 32.0 Å². The molecule has 0 aromatic heterocycles. The number of benzene rings is 3. The largest absolute Gasteiger partial charge is 0.354 e. The quantitative estimate of drug-likeness (QED) is 0.361. The highest BCUT2D eigenvalue weighted by Gasteiger charge is 2.29. The lowest BCUT2D eigenvalue weighted by Gasteiger charge is -2.31. The van der Waals surface area contributed by atoms with Crippen molar-refractivity contribution < 1.29 is 9.59 Å². The SMILES string of the molecule is CCCNC(=O)[C@H](CC)N(Cc1c(Cl)cccc1Cl)C(=O)CCc1cccc2ccccc12. The summed E-state index contributed by atoms with van der Waals surface area (Å²) in [6, 6.07) is 19.0. The van der Waals surface area contributed by atoms with Gasteiger partial charge in [-0.2, -0.15) is 0 Å². The van der Waals surface area contributed by atoms with E-state index in [2.05, 4.69) is 29.6 Å². The van der Waals surface area contributed by atoms with Crippen LogP contribution in [-0.2, 0) is 22.6 Å². The molecule has 1 N–H and O–H groups in total. The Morgan fingerprint density at radius 1 is 0.939 bits per heavy atom. The number of fused-ring (bicyclic) bond motifs is 1. The molecule has 0 heterocycles. The fourth-order valence-electron chi connectivity index (χ4n) is 4.03. The summed E-state index contributed by atoms with van der Waals surface area (Å²) < 4.78 is 0. The zero-order valence-corrected chi connectivity index (χ0v) is 20.6. The third kappa shape index (κ3) is 6.27. The number of carbonyl (C=O) groups excluding carboxylic acids is 2. The zero-order valence-electron chi connectivity index (χ0n) is 19.1. The molecule has 174 valence electrons. The predicted molar refractivity (Wildman–Crippen MR) is 137 cm³/mol. The van der Waals surface area contributed by atoms with E-state index >= 15 is 0 Å². The summed E-state index contributed by atoms with van der Waals surface area (Å²) in [6.45, 7) is 4.67. The Balaban J connectivity index is 1.86. The Hall–Kier alpha value is -2.56. The van der Waals surface area contributed by atoms with Crippen LogP contribution < -0.4 is 5.32 Å². The molecule has 1 atom stereocenters. The maximum atomic E-state index is 13.5. The highest BCUT2D eigenvalue weighted by Crippen LogP contribution is 2.28. The number of halogens is 2. The van der Waals surface area contributed by atoms with Gasteiger partial charge < -0.3 is 10.2 Å². The van der Waals surface area contributed by atoms with Crippen LogP contribution in [0.3, 0.4) is 0 Å². The summed E-state index contributed by atoms with van der Waals surface area (Å²) in [4.78, 5) is 28.1. The molecule has 0 spiro atoms. The maximum absolute atomic E-state index is 13.5. The van der Waals surface area contributed by atoms with E-state index in [-0.39, 0.29) is 24.8 Å². The van der Waals surface area contributed by atoms with E-state index in [4.69, 9.17) is 23.2 Å². The van der Waals surface area contributed by atoms with Crippen LogP contribution in [0.5, 0.6) is 0 Å². The van der Waals surface area contributed by atoms with Crippen LogP contribution in [0.4, 0.5) is 0 Å². The van der Waals surface area contributed by atoms with E-state index in [0.29, 0.717) is 35.0 Å². The van der Waals surface area contributed by atoms with Gasteiger partial charge in [-0.05, 0) is 47.7 Å². The summed E-state index contributed by atoms with van der Waals surface area (Å²) in [6.07, 6.45) is 2.19. The number of aryl methyl sites for hydroxylation is 1. The van der Waals surface area contributed by atoms with Gasteiger partial charge in [0.25, 0.3) is 0 Å². The third-order valence-corrected chi connectivity index (χ3v) is 6.52. The number of nitrogens with one attached hydrogen (secondary N) is 1. The zero-order chi connectivity index (χ0) is 23.8. The number of rotatable bonds is 10. The molecule has 0 aliphatic heterocycles. The van der Waals surface area contributed by atoms with E-state index in [1.54, 1.807) is 23.1 Å². The molecule has 3 aromatic rings. The minimum absolute atomic E-state index is 0.0996. The summed E-state index contributed by atoms with van der Waals surface area (Å²) in [5.41, 5.74) is 1.77. The van der Waals surface area contributed by atoms with Gasteiger partial charge >= 0.3 is 0 Å². The van der Waals surface area contributed by atoms with Crippen LogP contribution in [-0.4, -0.2) is 29.3 Å². The standard InChI is InChI=1S/C27H30Cl2N2O2/c1-3-17-30-27(33)25(4-2)31(18-22-23(28)13-8-14-24(22)29)26(32)16-15-20-11-7-10-19-9-5-6-12-21(19)20/h5-14,25H,3-4,15-18H2,1-2H3,(H,30,33)/t25-/m0/s1. The lowest BCUT2D eigenvalue weighted by molar-refractivity contribution is -0.141. The first-order chi connectivity index (χ1) is 16.0. The monoisotopic (exact) mass is 484 g/mol. The third-order valence-electron chi connectivity index (χ3n) is 5.81. The number of hydrogen-bond acceptors (Lipinski definition) is 2. The van der Waals surface area contributed by atoms with E-state index in [9.17, 15) is 9.59 Å². The molecule has 3 rings (SSSR count). The van der Waals surface area contributed by atoms with Gasteiger partial charge in [-0.15, -0.1) is 0 Å². The summed E-state index contributed by atoms with van der Waals surface area (Å²) in [7, 11) is 0. The van der Waals surface area contributed by atoms with E-state index in [1.165, 1.54) is 0 Å². The molecule has 0 bridgehead atoms. The number of carbonyl (C=O) groups is 2. The van der Waals surface area contributed by atoms with Crippen molar-refractivity contribution in [2.75, 3.05) is 6.54 Å². The van der Waals surface area contributed by atoms with Gasteiger partial charge in [-0.1, -0.05) is 85.6 Å². The predicted octanol–water partition coefficient (Wildman–Crippen LogP) is 6.41. The first-order valence-electron chi connectivity index (χ1n) is 11.4. The van der Waals surface area contributed by atoms with Gasteiger partial charge in [-0.25, -0.2) is 0 Å². The minimum Gasteiger partial charge on any atom is -0.354 e. The van der Waals surface area contributed by atoms with Gasteiger partial charge in [0, 0.05) is 35.1 Å². The van der Waals surface area contributed by atoms with Crippen molar-refractivity contribution in [2.24, 2.45) is 0 Å². The first-order valence-corrected chi connectivity index (χ1v) is 12.2. The number of nitrogens with zero attached hydrogens (tertiary/aromatic N) is 1. The van der Waals surface area contributed by atoms with Gasteiger partial charge in [0.1, 0.15) is 6.04 Å². The molecule has 3 aromatic carbocycles. The lowest BCUT2D eigenvalue weighted by Crippen LogP contribution is -2.49. The summed E-state index contributed by atoms with van der Waals surface area (Å²) in [5.74, 6) is -0.251. The first kappa shape index (κ1) is 25.1. The number of hydrogen-bond donors (Lipinski definition) is 1. The molecule has 2 amide bonds. The van der Waals surface area contributed by atoms with Gasteiger partial charge in [0.05, 0.1) is 0 Å². The smallest absolute Gasteiger partial charge is 0.242 e. The van der Waals surface area contributed by atoms with Crippen LogP contribution in [0.1, 0.15) is 44.2 Å². The van der Waals surface area contributed by atoms with Crippen molar-refractivity contribution in [1.82, 2.24) is 10.2 Å². The molecule has 0 unspecified atom stereocenters. The van der Waals surface area contributed by atoms with Crippen molar-refractivity contribution in [3.63, 3.8) is 0 Å². The van der Waals surface area contributed by atoms with Gasteiger partial charge in [0.2, 0.25) is 11.8 Å². The van der Waals surface area contributed by atoms with Crippen molar-refractivity contribution in [3.05, 3.63) is 81.8 Å². The Labute approximate surface area is 205 Å². The molecule has 0 saturated heterocycles. The van der Waals surface area contributed by atoms with E-state index < -0.39 is 6.04 Å². The molecule has 0 aliphatic rings. The molecule has 0 saturated carbocycles. The van der Waals surface area contributed by atoms with Crippen LogP contribution in [0, 0.1) is 0 Å². The van der Waals surface area contributed by atoms with Crippen molar-refractivity contribution in [3.8, 4) is 0 Å². The second-order valence-electron chi connectivity index (χ2n) is 8.08. The normalized spacial score (nSPS) is 11.9. The Morgan fingerprint density at radius 2 is 1.61 bits per heavy atom. The van der Waals surface area contributed by atoms with Crippen molar-refractivity contribution in [1.29, 1.82) is 0 Å². The second-order valence-corrected chi connectivity index (χ2v) is 8.89. The Morgan fingerprint density at radius 3 is 2.30 bits per heavy atom. The fourth-order valence-corrected chi connectivity index (χ4v) is 4.55. The molecule has 0 fully saturated rings. The average Bonchev–Trinajstić information content (AvgIpc) is 2.82. The molecular weight excluding hydrogens is 455 g/mol. The molecule has 33 heavy (non-hydrogen) atoms. The lowest BCUT2D eigenvalue weighted by atomic mass is 10.00. The molecule has 4 nitrogen and oxygen atoms in total. The molecule has 0 aliphatic carbocycles. The second kappa shape index (κ2) is 12.1. The van der Waals surface area contributed by atoms with Crippen molar-refractivity contribution in [2.45, 2.75) is 52.1 Å². The van der Waals surface area contributed by atoms with Gasteiger partial charge in [0.15, 0.2) is 0 Å². The van der Waals surface area contributed by atoms with Crippen LogP contribution in [0.15, 0.2) is 60.7 Å². The Bertz CT molecular complexity index is 1090. The van der Waals surface area contributed by atoms with Crippen molar-refractivity contribution >= 4 is 45.8 Å². The molecule has 0 radical (unpaired) electrons. The minimum atomic E-state index is -0.594. The maximum Gasteiger partial charge on any atom is 0.242 e. The van der Waals surface area contributed by atoms with Gasteiger partial charge in [-0.3, -0.25) is 9.59 Å². The topological polar surface area (TPSA) is 49.4 Å². The summed E-state index contributed by atoms with van der Waals surface area (Å²) >= 11 is 12.8. The summed E-state index contributed by atoms with van der Waals surface area (Å²) in [5, 5.41) is 6.19. The molecule has 6 heteroatoms. The van der Waals surface area contributed by atoms with Crippen LogP contribution >= 0.6 is 23.2 Å². The van der Waals surface area contributed by atoms with Crippen LogP contribution in [0.2, 0.25) is 10.0 Å². The highest BCUT2D eigenvalue weighted by molar-refractivity contribution is 6.36. The Kier molecular flexibility index (Phi) is 9.16. The van der Waals surface area contributed by atoms with E-state index in [0.717, 1.165) is 22.8 Å². The number of amides is 2. The fraction of sp³-hybridized carbons (Fsp3) is 0.333. The highest BCUT2D eigenvalue weighted by atomic mass is 35.5.